The molecule has 2 rings (SSSR count). The van der Waals surface area contributed by atoms with Gasteiger partial charge >= 0.3 is 12.2 Å². The Hall–Kier alpha value is -2.28. The van der Waals surface area contributed by atoms with Crippen molar-refractivity contribution in [2.75, 3.05) is 13.2 Å². The van der Waals surface area contributed by atoms with E-state index in [2.05, 4.69) is 5.32 Å². The maximum Gasteiger partial charge on any atom is 0.407 e. The molecule has 1 aliphatic heterocycles. The molecular formula is C14H18N2O5. The number of benzene rings is 1. The summed E-state index contributed by atoms with van der Waals surface area (Å²) in [7, 11) is 0. The molecule has 3 N–H and O–H groups in total. The Morgan fingerprint density at radius 1 is 1.33 bits per heavy atom. The second kappa shape index (κ2) is 6.94. The minimum absolute atomic E-state index is 0.154. The van der Waals surface area contributed by atoms with Crippen LogP contribution in [0.5, 0.6) is 0 Å². The number of rotatable bonds is 4. The lowest BCUT2D eigenvalue weighted by Crippen LogP contribution is -2.39. The van der Waals surface area contributed by atoms with E-state index < -0.39 is 18.2 Å². The Bertz CT molecular complexity index is 493. The molecule has 114 valence electrons. The predicted molar refractivity (Wildman–Crippen MR) is 73.8 cm³/mol. The van der Waals surface area contributed by atoms with Gasteiger partial charge in [0.15, 0.2) is 0 Å². The molecule has 0 bridgehead atoms. The highest BCUT2D eigenvalue weighted by Gasteiger charge is 2.35. The zero-order chi connectivity index (χ0) is 15.2. The molecule has 1 aliphatic rings. The fourth-order valence-corrected chi connectivity index (χ4v) is 2.36. The first kappa shape index (κ1) is 15.1. The average Bonchev–Trinajstić information content (AvgIpc) is 2.89. The molecule has 1 aromatic carbocycles. The molecule has 0 aliphatic carbocycles. The second-order valence-corrected chi connectivity index (χ2v) is 4.91. The second-order valence-electron chi connectivity index (χ2n) is 4.91. The number of carbonyl (C=O) groups excluding carboxylic acids is 1. The molecule has 0 spiro atoms. The van der Waals surface area contributed by atoms with Crippen molar-refractivity contribution in [2.45, 2.75) is 25.1 Å². The van der Waals surface area contributed by atoms with Crippen LogP contribution in [0.4, 0.5) is 9.59 Å². The predicted octanol–water partition coefficient (Wildman–Crippen LogP) is 1.03. The van der Waals surface area contributed by atoms with Crippen molar-refractivity contribution in [3.63, 3.8) is 0 Å². The van der Waals surface area contributed by atoms with Gasteiger partial charge in [-0.2, -0.15) is 0 Å². The number of hydrogen-bond donors (Lipinski definition) is 3. The van der Waals surface area contributed by atoms with Gasteiger partial charge in [0.2, 0.25) is 0 Å². The third-order valence-electron chi connectivity index (χ3n) is 3.41. The smallest absolute Gasteiger partial charge is 0.407 e. The number of ether oxygens (including phenoxy) is 1. The highest BCUT2D eigenvalue weighted by atomic mass is 16.5. The Labute approximate surface area is 122 Å². The highest BCUT2D eigenvalue weighted by Crippen LogP contribution is 2.17. The maximum atomic E-state index is 11.7. The quantitative estimate of drug-likeness (QED) is 0.770. The van der Waals surface area contributed by atoms with Gasteiger partial charge in [0.05, 0.1) is 18.7 Å². The van der Waals surface area contributed by atoms with Crippen LogP contribution in [0, 0.1) is 0 Å². The van der Waals surface area contributed by atoms with Crippen molar-refractivity contribution < 1.29 is 24.5 Å². The molecule has 2 atom stereocenters. The van der Waals surface area contributed by atoms with Crippen molar-refractivity contribution in [3.05, 3.63) is 35.9 Å². The number of aliphatic hydroxyl groups excluding tert-OH is 1. The number of amides is 2. The molecule has 1 saturated heterocycles. The summed E-state index contributed by atoms with van der Waals surface area (Å²) in [5.41, 5.74) is 0.875. The number of alkyl carbamates (subject to hydrolysis) is 1. The van der Waals surface area contributed by atoms with Gasteiger partial charge in [-0.3, -0.25) is 0 Å². The number of hydrogen-bond acceptors (Lipinski definition) is 4. The highest BCUT2D eigenvalue weighted by molar-refractivity contribution is 5.69. The van der Waals surface area contributed by atoms with E-state index in [1.165, 1.54) is 0 Å². The standard InChI is InChI=1S/C14H18N2O5/c17-8-12-6-11(7-16(12)14(19)20)15-13(18)21-9-10-4-2-1-3-5-10/h1-5,11-12,17H,6-9H2,(H,15,18)(H,19,20)/t11?,12-/m1/s1. The van der Waals surface area contributed by atoms with Gasteiger partial charge in [0.25, 0.3) is 0 Å². The van der Waals surface area contributed by atoms with Crippen LogP contribution in [0.1, 0.15) is 12.0 Å². The van der Waals surface area contributed by atoms with E-state index in [0.717, 1.165) is 10.5 Å². The molecule has 2 amide bonds. The van der Waals surface area contributed by atoms with Crippen LogP contribution in [0.25, 0.3) is 0 Å². The zero-order valence-corrected chi connectivity index (χ0v) is 11.4. The third kappa shape index (κ3) is 4.09. The molecule has 0 aromatic heterocycles. The lowest BCUT2D eigenvalue weighted by molar-refractivity contribution is 0.117. The third-order valence-corrected chi connectivity index (χ3v) is 3.41. The Kier molecular flexibility index (Phi) is 4.99. The van der Waals surface area contributed by atoms with Crippen LogP contribution in [-0.2, 0) is 11.3 Å². The Morgan fingerprint density at radius 3 is 2.62 bits per heavy atom. The van der Waals surface area contributed by atoms with E-state index in [9.17, 15) is 9.59 Å². The summed E-state index contributed by atoms with van der Waals surface area (Å²) < 4.78 is 5.08. The van der Waals surface area contributed by atoms with E-state index in [-0.39, 0.29) is 25.8 Å². The molecule has 21 heavy (non-hydrogen) atoms. The van der Waals surface area contributed by atoms with E-state index in [4.69, 9.17) is 14.9 Å². The van der Waals surface area contributed by atoms with Gasteiger partial charge in [-0.05, 0) is 12.0 Å². The fraction of sp³-hybridized carbons (Fsp3) is 0.429. The van der Waals surface area contributed by atoms with Gasteiger partial charge in [0, 0.05) is 6.54 Å². The monoisotopic (exact) mass is 294 g/mol. The van der Waals surface area contributed by atoms with E-state index in [1.807, 2.05) is 30.3 Å². The minimum Gasteiger partial charge on any atom is -0.465 e. The lowest BCUT2D eigenvalue weighted by Gasteiger charge is -2.18. The first-order chi connectivity index (χ1) is 10.1. The van der Waals surface area contributed by atoms with Crippen molar-refractivity contribution in [1.82, 2.24) is 10.2 Å². The first-order valence-corrected chi connectivity index (χ1v) is 6.67. The molecule has 7 heteroatoms. The number of aliphatic hydroxyl groups is 1. The van der Waals surface area contributed by atoms with Crippen LogP contribution < -0.4 is 5.32 Å². The summed E-state index contributed by atoms with van der Waals surface area (Å²) in [6.07, 6.45) is -1.31. The molecule has 1 unspecified atom stereocenters. The molecule has 1 heterocycles. The van der Waals surface area contributed by atoms with Gasteiger partial charge < -0.3 is 25.2 Å². The van der Waals surface area contributed by atoms with Crippen molar-refractivity contribution in [3.8, 4) is 0 Å². The SMILES string of the molecule is O=C(NC1C[C@H](CO)N(C(=O)O)C1)OCc1ccccc1. The molecular weight excluding hydrogens is 276 g/mol. The molecule has 1 aromatic rings. The van der Waals surface area contributed by atoms with Gasteiger partial charge in [0.1, 0.15) is 6.61 Å². The van der Waals surface area contributed by atoms with E-state index in [1.54, 1.807) is 0 Å². The van der Waals surface area contributed by atoms with Gasteiger partial charge in [-0.15, -0.1) is 0 Å². The van der Waals surface area contributed by atoms with Crippen molar-refractivity contribution >= 4 is 12.2 Å². The van der Waals surface area contributed by atoms with E-state index >= 15 is 0 Å². The number of nitrogens with zero attached hydrogens (tertiary/aromatic N) is 1. The molecule has 0 saturated carbocycles. The summed E-state index contributed by atoms with van der Waals surface area (Å²) in [6.45, 7) is 0.0516. The number of likely N-dealkylation sites (tertiary alicyclic amines) is 1. The Morgan fingerprint density at radius 2 is 2.05 bits per heavy atom. The molecule has 7 nitrogen and oxygen atoms in total. The number of carbonyl (C=O) groups is 2. The normalized spacial score (nSPS) is 21.1. The fourth-order valence-electron chi connectivity index (χ4n) is 2.36. The summed E-state index contributed by atoms with van der Waals surface area (Å²) in [5, 5.41) is 20.8. The summed E-state index contributed by atoms with van der Waals surface area (Å²) >= 11 is 0. The summed E-state index contributed by atoms with van der Waals surface area (Å²) in [5.74, 6) is 0. The number of carboxylic acid groups (broad SMARTS) is 1. The molecule has 1 fully saturated rings. The van der Waals surface area contributed by atoms with Crippen LogP contribution >= 0.6 is 0 Å². The number of nitrogens with one attached hydrogen (secondary N) is 1. The van der Waals surface area contributed by atoms with Crippen LogP contribution in [0.3, 0.4) is 0 Å². The minimum atomic E-state index is -1.10. The lowest BCUT2D eigenvalue weighted by atomic mass is 10.2. The summed E-state index contributed by atoms with van der Waals surface area (Å²) in [4.78, 5) is 23.8. The first-order valence-electron chi connectivity index (χ1n) is 6.67. The zero-order valence-electron chi connectivity index (χ0n) is 11.4. The van der Waals surface area contributed by atoms with Crippen molar-refractivity contribution in [2.24, 2.45) is 0 Å². The topological polar surface area (TPSA) is 99.1 Å². The van der Waals surface area contributed by atoms with Crippen LogP contribution in [-0.4, -0.2) is 52.5 Å². The maximum absolute atomic E-state index is 11.7. The van der Waals surface area contributed by atoms with Gasteiger partial charge in [-0.25, -0.2) is 9.59 Å². The largest absolute Gasteiger partial charge is 0.465 e. The molecule has 0 radical (unpaired) electrons. The average molecular weight is 294 g/mol. The van der Waals surface area contributed by atoms with E-state index in [0.29, 0.717) is 6.42 Å². The Balaban J connectivity index is 1.79. The van der Waals surface area contributed by atoms with Crippen LogP contribution in [0.2, 0.25) is 0 Å². The van der Waals surface area contributed by atoms with Crippen molar-refractivity contribution in [1.29, 1.82) is 0 Å². The summed E-state index contributed by atoms with van der Waals surface area (Å²) in [6, 6.07) is 8.43. The van der Waals surface area contributed by atoms with Crippen LogP contribution in [0.15, 0.2) is 30.3 Å². The van der Waals surface area contributed by atoms with Gasteiger partial charge in [-0.1, -0.05) is 30.3 Å².